The third kappa shape index (κ3) is 6.25. The van der Waals surface area contributed by atoms with Crippen molar-refractivity contribution in [2.75, 3.05) is 13.1 Å². The quantitative estimate of drug-likeness (QED) is 0.570. The monoisotopic (exact) mass is 433 g/mol. The predicted octanol–water partition coefficient (Wildman–Crippen LogP) is 3.39. The molecule has 0 spiro atoms. The van der Waals surface area contributed by atoms with Gasteiger partial charge in [-0.25, -0.2) is 0 Å². The van der Waals surface area contributed by atoms with Crippen molar-refractivity contribution in [3.8, 4) is 0 Å². The fourth-order valence-corrected chi connectivity index (χ4v) is 4.17. The minimum absolute atomic E-state index is 0.346. The molecule has 168 valence electrons. The van der Waals surface area contributed by atoms with Gasteiger partial charge in [0.1, 0.15) is 12.2 Å². The molecule has 1 aliphatic heterocycles. The van der Waals surface area contributed by atoms with Crippen molar-refractivity contribution in [2.45, 2.75) is 44.2 Å². The fourth-order valence-electron chi connectivity index (χ4n) is 4.17. The van der Waals surface area contributed by atoms with Gasteiger partial charge in [0.15, 0.2) is 0 Å². The van der Waals surface area contributed by atoms with Crippen molar-refractivity contribution < 1.29 is 19.7 Å². The molecule has 5 heteroatoms. The van der Waals surface area contributed by atoms with Crippen molar-refractivity contribution in [1.29, 1.82) is 0 Å². The van der Waals surface area contributed by atoms with E-state index in [1.54, 1.807) is 0 Å². The number of nitrogens with zero attached hydrogens (tertiary/aromatic N) is 1. The van der Waals surface area contributed by atoms with Crippen LogP contribution in [0.15, 0.2) is 91.0 Å². The van der Waals surface area contributed by atoms with Crippen LogP contribution in [0.1, 0.15) is 16.7 Å². The zero-order chi connectivity index (χ0) is 22.2. The number of benzene rings is 3. The molecule has 32 heavy (non-hydrogen) atoms. The van der Waals surface area contributed by atoms with Gasteiger partial charge in [0.25, 0.3) is 0 Å². The Kier molecular flexibility index (Phi) is 8.04. The minimum atomic E-state index is -0.791. The maximum absolute atomic E-state index is 11.1. The van der Waals surface area contributed by atoms with Crippen LogP contribution in [0.2, 0.25) is 0 Å². The average molecular weight is 434 g/mol. The first-order chi connectivity index (χ1) is 15.7. The summed E-state index contributed by atoms with van der Waals surface area (Å²) >= 11 is 0. The molecule has 1 saturated heterocycles. The number of aliphatic hydroxyl groups is 2. The minimum Gasteiger partial charge on any atom is -0.389 e. The van der Waals surface area contributed by atoms with Crippen LogP contribution in [0.3, 0.4) is 0 Å². The fraction of sp³-hybridized carbons (Fsp3) is 0.333. The zero-order valence-electron chi connectivity index (χ0n) is 18.2. The number of β-amino-alcohol motifs (C(OH)–C–C–N with tert-alkyl or cyclic N) is 2. The lowest BCUT2D eigenvalue weighted by molar-refractivity contribution is -0.155. The largest absolute Gasteiger partial charge is 0.389 e. The van der Waals surface area contributed by atoms with Gasteiger partial charge < -0.3 is 19.7 Å². The Morgan fingerprint density at radius 3 is 1.38 bits per heavy atom. The lowest BCUT2D eigenvalue weighted by Gasteiger charge is -2.31. The molecule has 5 nitrogen and oxygen atoms in total. The lowest BCUT2D eigenvalue weighted by Crippen LogP contribution is -2.47. The van der Waals surface area contributed by atoms with Gasteiger partial charge in [-0.05, 0) is 16.7 Å². The van der Waals surface area contributed by atoms with E-state index < -0.39 is 24.4 Å². The van der Waals surface area contributed by atoms with Gasteiger partial charge in [-0.15, -0.1) is 0 Å². The second kappa shape index (κ2) is 11.4. The summed E-state index contributed by atoms with van der Waals surface area (Å²) in [5.41, 5.74) is 3.17. The molecule has 0 aliphatic carbocycles. The molecule has 3 aromatic rings. The Hall–Kier alpha value is -2.54. The van der Waals surface area contributed by atoms with Gasteiger partial charge in [0, 0.05) is 19.6 Å². The van der Waals surface area contributed by atoms with E-state index in [0.717, 1.165) is 16.7 Å². The number of hydrogen-bond acceptors (Lipinski definition) is 5. The number of rotatable bonds is 8. The Balaban J connectivity index is 1.49. The van der Waals surface area contributed by atoms with Crippen LogP contribution in [0.5, 0.6) is 0 Å². The van der Waals surface area contributed by atoms with E-state index in [9.17, 15) is 10.2 Å². The first-order valence-corrected chi connectivity index (χ1v) is 11.1. The van der Waals surface area contributed by atoms with Crippen molar-refractivity contribution in [3.05, 3.63) is 108 Å². The maximum Gasteiger partial charge on any atom is 0.114 e. The van der Waals surface area contributed by atoms with Crippen molar-refractivity contribution in [1.82, 2.24) is 4.90 Å². The summed E-state index contributed by atoms with van der Waals surface area (Å²) < 4.78 is 12.3. The van der Waals surface area contributed by atoms with E-state index in [1.165, 1.54) is 0 Å². The lowest BCUT2D eigenvalue weighted by atomic mass is 10.0. The molecular weight excluding hydrogens is 402 g/mol. The second-order valence-electron chi connectivity index (χ2n) is 8.34. The molecule has 0 bridgehead atoms. The molecule has 3 aromatic carbocycles. The van der Waals surface area contributed by atoms with Crippen LogP contribution < -0.4 is 0 Å². The van der Waals surface area contributed by atoms with Crippen molar-refractivity contribution in [2.24, 2.45) is 0 Å². The third-order valence-electron chi connectivity index (χ3n) is 5.79. The highest BCUT2D eigenvalue weighted by Gasteiger charge is 2.40. The van der Waals surface area contributed by atoms with E-state index >= 15 is 0 Å². The smallest absolute Gasteiger partial charge is 0.114 e. The standard InChI is InChI=1S/C27H31NO4/c29-24-17-28(16-21-10-4-1-5-11-21)18-25(30)27(32-20-23-14-8-3-9-15-23)26(24)31-19-22-12-6-2-7-13-22/h1-15,24-27,29-30H,16-20H2/t24-,25-,26-,27-/m1/s1. The summed E-state index contributed by atoms with van der Waals surface area (Å²) in [6, 6.07) is 29.8. The Morgan fingerprint density at radius 1 is 0.594 bits per heavy atom. The molecule has 2 N–H and O–H groups in total. The van der Waals surface area contributed by atoms with Crippen LogP contribution in [0.25, 0.3) is 0 Å². The Bertz CT molecular complexity index is 865. The summed E-state index contributed by atoms with van der Waals surface area (Å²) in [7, 11) is 0. The van der Waals surface area contributed by atoms with Crippen LogP contribution in [-0.2, 0) is 29.2 Å². The Morgan fingerprint density at radius 2 is 0.969 bits per heavy atom. The third-order valence-corrected chi connectivity index (χ3v) is 5.79. The van der Waals surface area contributed by atoms with Crippen LogP contribution >= 0.6 is 0 Å². The maximum atomic E-state index is 11.1. The highest BCUT2D eigenvalue weighted by atomic mass is 16.6. The molecule has 1 aliphatic rings. The second-order valence-corrected chi connectivity index (χ2v) is 8.34. The first kappa shape index (κ1) is 22.6. The predicted molar refractivity (Wildman–Crippen MR) is 124 cm³/mol. The van der Waals surface area contributed by atoms with Crippen molar-refractivity contribution >= 4 is 0 Å². The average Bonchev–Trinajstić information content (AvgIpc) is 2.93. The first-order valence-electron chi connectivity index (χ1n) is 11.1. The SMILES string of the molecule is O[C@@H]1CN(Cc2ccccc2)C[C@@H](O)[C@@H](OCc2ccccc2)[C@@H]1OCc1ccccc1. The summed E-state index contributed by atoms with van der Waals surface area (Å²) in [6.07, 6.45) is -2.87. The molecule has 4 rings (SSSR count). The van der Waals surface area contributed by atoms with Gasteiger partial charge in [-0.3, -0.25) is 4.90 Å². The molecular formula is C27H31NO4. The molecule has 0 amide bonds. The summed E-state index contributed by atoms with van der Waals surface area (Å²) in [5.74, 6) is 0. The van der Waals surface area contributed by atoms with Gasteiger partial charge in [-0.1, -0.05) is 91.0 Å². The van der Waals surface area contributed by atoms with E-state index in [0.29, 0.717) is 32.8 Å². The summed E-state index contributed by atoms with van der Waals surface area (Å²) in [4.78, 5) is 2.06. The van der Waals surface area contributed by atoms with Crippen LogP contribution in [0, 0.1) is 0 Å². The summed E-state index contributed by atoms with van der Waals surface area (Å²) in [5, 5.41) is 22.2. The van der Waals surface area contributed by atoms with Gasteiger partial charge in [-0.2, -0.15) is 0 Å². The molecule has 4 atom stereocenters. The Labute approximate surface area is 189 Å². The number of likely N-dealkylation sites (tertiary alicyclic amines) is 1. The van der Waals surface area contributed by atoms with E-state index in [1.807, 2.05) is 78.9 Å². The van der Waals surface area contributed by atoms with Gasteiger partial charge >= 0.3 is 0 Å². The zero-order valence-corrected chi connectivity index (χ0v) is 18.2. The molecule has 0 unspecified atom stereocenters. The van der Waals surface area contributed by atoms with E-state index in [4.69, 9.17) is 9.47 Å². The molecule has 0 saturated carbocycles. The highest BCUT2D eigenvalue weighted by Crippen LogP contribution is 2.23. The molecule has 1 fully saturated rings. The van der Waals surface area contributed by atoms with E-state index in [2.05, 4.69) is 17.0 Å². The van der Waals surface area contributed by atoms with Crippen LogP contribution in [-0.4, -0.2) is 52.6 Å². The van der Waals surface area contributed by atoms with Crippen LogP contribution in [0.4, 0.5) is 0 Å². The topological polar surface area (TPSA) is 62.2 Å². The number of hydrogen-bond donors (Lipinski definition) is 2. The molecule has 0 aromatic heterocycles. The van der Waals surface area contributed by atoms with Gasteiger partial charge in [0.05, 0.1) is 25.4 Å². The number of aliphatic hydroxyl groups excluding tert-OH is 2. The van der Waals surface area contributed by atoms with E-state index in [-0.39, 0.29) is 0 Å². The van der Waals surface area contributed by atoms with Crippen molar-refractivity contribution in [3.63, 3.8) is 0 Å². The summed E-state index contributed by atoms with van der Waals surface area (Å²) in [6.45, 7) is 2.14. The highest BCUT2D eigenvalue weighted by molar-refractivity contribution is 5.16. The number of ether oxygens (including phenoxy) is 2. The van der Waals surface area contributed by atoms with Gasteiger partial charge in [0.2, 0.25) is 0 Å². The molecule has 1 heterocycles. The molecule has 0 radical (unpaired) electrons. The normalized spacial score (nSPS) is 24.2.